The van der Waals surface area contributed by atoms with E-state index >= 15 is 0 Å². The van der Waals surface area contributed by atoms with E-state index < -0.39 is 53.6 Å². The van der Waals surface area contributed by atoms with E-state index in [-0.39, 0.29) is 200 Å². The normalized spacial score (nSPS) is 12.4. The standard InChI is InChI=1S/C24H44N12O12.6Cu/c25-17(31-37)1-7-43-13-15(45-9-3-19(27)33-39)23(47-11-5-21(29)35-41)24(48-12-6-22(30)36-42)16(46-10-4-20(28)34-40)14-44-8-2-18(26)32-38;;;;;;/h15-16,23-24H,1-14H2,(H12-6,25,26,27,28,29,30,31,32,33,34,35,36,37,38,39,40,41,42);;;;;;/q-6;6*+1. The van der Waals surface area contributed by atoms with Crippen LogP contribution in [0.15, 0.2) is 5.16 Å². The first kappa shape index (κ1) is 68.0. The molecule has 12 N–H and O–H groups in total. The second-order valence-electron chi connectivity index (χ2n) is 9.48. The Bertz CT molecular complexity index is 1010. The number of hydroxylamine groups is 5. The first-order chi connectivity index (χ1) is 23.1. The van der Waals surface area contributed by atoms with Gasteiger partial charge in [0.2, 0.25) is 0 Å². The van der Waals surface area contributed by atoms with Crippen molar-refractivity contribution in [1.82, 2.24) is 27.4 Å². The molecule has 0 amide bonds. The molecule has 4 unspecified atom stereocenters. The monoisotopic (exact) mass is 1070 g/mol. The molecule has 0 saturated heterocycles. The number of rotatable bonds is 29. The van der Waals surface area contributed by atoms with Crippen LogP contribution in [0.5, 0.6) is 0 Å². The zero-order valence-electron chi connectivity index (χ0n) is 27.8. The van der Waals surface area contributed by atoms with Crippen LogP contribution in [0.25, 0.3) is 32.8 Å². The van der Waals surface area contributed by atoms with Gasteiger partial charge in [0.25, 0.3) is 0 Å². The summed E-state index contributed by atoms with van der Waals surface area (Å²) in [6.45, 7) is -2.02. The maximum atomic E-state index is 9.74. The minimum absolute atomic E-state index is 0. The van der Waals surface area contributed by atoms with Crippen molar-refractivity contribution in [1.29, 1.82) is 0 Å². The average Bonchev–Trinajstić information content (AvgIpc) is 3.10. The summed E-state index contributed by atoms with van der Waals surface area (Å²) in [7, 11) is 0. The first-order valence-electron chi connectivity index (χ1n) is 14.3. The Balaban J connectivity index is -0.000000736. The Kier molecular flexibility index (Phi) is 56.7. The smallest absolute Gasteiger partial charge is 0.509 e. The number of ether oxygens (including phenoxy) is 6. The zero-order chi connectivity index (χ0) is 36.2. The van der Waals surface area contributed by atoms with Crippen molar-refractivity contribution in [2.45, 2.75) is 62.9 Å². The molecule has 0 aliphatic carbocycles. The Morgan fingerprint density at radius 3 is 1.00 bits per heavy atom. The molecule has 24 nitrogen and oxygen atoms in total. The fourth-order valence-corrected chi connectivity index (χ4v) is 3.57. The summed E-state index contributed by atoms with van der Waals surface area (Å²) in [6.07, 6.45) is -6.07. The van der Waals surface area contributed by atoms with Gasteiger partial charge in [-0.2, -0.15) is 0 Å². The molecular weight excluding hydrogens is 1030 g/mol. The van der Waals surface area contributed by atoms with E-state index in [4.69, 9.17) is 65.4 Å². The van der Waals surface area contributed by atoms with Gasteiger partial charge in [0.05, 0.1) is 52.9 Å². The predicted octanol–water partition coefficient (Wildman–Crippen LogP) is -0.541. The Hall–Kier alpha value is -0.703. The Morgan fingerprint density at radius 2 is 0.722 bits per heavy atom. The SMILES string of the molecule is [Cu+].[Cu+].[Cu+].[Cu+].[Cu+].[Cu+].[N-]=C(CCOCC(OCCC(=[N-])NO)C(OCCC(=[N-])NO)C(OCCC(=[N-])NO)C(COCC/C([NH-])=N/O)OCCC(=[N-])NO)NO. The molecule has 0 aliphatic rings. The fourth-order valence-electron chi connectivity index (χ4n) is 3.57. The van der Waals surface area contributed by atoms with E-state index in [2.05, 4.69) is 5.16 Å². The summed E-state index contributed by atoms with van der Waals surface area (Å²) in [4.78, 5) is 0. The van der Waals surface area contributed by atoms with Crippen molar-refractivity contribution >= 4 is 35.0 Å². The van der Waals surface area contributed by atoms with Crippen molar-refractivity contribution in [2.75, 3.05) is 52.9 Å². The average molecular weight is 1070 g/mol. The van der Waals surface area contributed by atoms with Crippen molar-refractivity contribution in [3.8, 4) is 0 Å². The van der Waals surface area contributed by atoms with Gasteiger partial charge in [0, 0.05) is 0 Å². The molecule has 4 atom stereocenters. The molecule has 0 aliphatic heterocycles. The van der Waals surface area contributed by atoms with E-state index in [9.17, 15) is 27.0 Å². The molecule has 30 heteroatoms. The molecule has 0 bridgehead atoms. The van der Waals surface area contributed by atoms with Crippen LogP contribution in [-0.4, -0.2) is 144 Å². The fraction of sp³-hybridized carbons (Fsp3) is 0.750. The van der Waals surface area contributed by atoms with Crippen molar-refractivity contribution < 1.29 is 162 Å². The van der Waals surface area contributed by atoms with Gasteiger partial charge in [-0.15, -0.1) is 0 Å². The summed E-state index contributed by atoms with van der Waals surface area (Å²) in [6, 6.07) is 0. The van der Waals surface area contributed by atoms with Crippen LogP contribution in [0.1, 0.15) is 38.5 Å². The van der Waals surface area contributed by atoms with Crippen molar-refractivity contribution in [2.24, 2.45) is 5.16 Å². The molecule has 0 saturated carbocycles. The maximum absolute atomic E-state index is 9.74. The molecule has 0 fully saturated rings. The quantitative estimate of drug-likeness (QED) is 0.0112. The van der Waals surface area contributed by atoms with Gasteiger partial charge in [0.15, 0.2) is 0 Å². The Labute approximate surface area is 375 Å². The molecule has 0 aromatic carbocycles. The van der Waals surface area contributed by atoms with E-state index in [1.54, 1.807) is 27.4 Å². The van der Waals surface area contributed by atoms with Crippen LogP contribution in [0, 0.1) is 0 Å². The molecule has 0 rings (SSSR count). The molecule has 0 aromatic heterocycles. The minimum Gasteiger partial charge on any atom is -0.509 e. The van der Waals surface area contributed by atoms with Gasteiger partial charge >= 0.3 is 102 Å². The number of oxime groups is 1. The van der Waals surface area contributed by atoms with Crippen LogP contribution in [-0.2, 0) is 131 Å². The predicted molar refractivity (Wildman–Crippen MR) is 168 cm³/mol. The summed E-state index contributed by atoms with van der Waals surface area (Å²) in [5, 5.41) is 105. The molecular formula is C24H44Cu6N12O12. The summed E-state index contributed by atoms with van der Waals surface area (Å²) < 4.78 is 35.2. The summed E-state index contributed by atoms with van der Waals surface area (Å²) in [5.41, 5.74) is 15.3. The minimum atomic E-state index is -1.27. The van der Waals surface area contributed by atoms with E-state index in [1.165, 1.54) is 0 Å². The second kappa shape index (κ2) is 45.0. The third-order valence-corrected chi connectivity index (χ3v) is 5.99. The number of hydrogen-bond donors (Lipinski definition) is 11. The largest absolute Gasteiger partial charge is 1.00 e. The molecule has 0 radical (unpaired) electrons. The molecule has 54 heavy (non-hydrogen) atoms. The van der Waals surface area contributed by atoms with E-state index in [0.29, 0.717) is 0 Å². The van der Waals surface area contributed by atoms with Gasteiger partial charge < -0.3 is 125 Å². The van der Waals surface area contributed by atoms with Gasteiger partial charge in [-0.1, -0.05) is 35.0 Å². The van der Waals surface area contributed by atoms with E-state index in [1.807, 2.05) is 0 Å². The van der Waals surface area contributed by atoms with Crippen molar-refractivity contribution in [3.05, 3.63) is 32.8 Å². The van der Waals surface area contributed by atoms with Crippen molar-refractivity contribution in [3.63, 3.8) is 0 Å². The van der Waals surface area contributed by atoms with Crippen LogP contribution in [0.3, 0.4) is 0 Å². The molecule has 0 spiro atoms. The molecule has 0 heterocycles. The van der Waals surface area contributed by atoms with Gasteiger partial charge in [-0.25, -0.2) is 0 Å². The number of nitrogens with one attached hydrogen (secondary N) is 6. The first-order valence-corrected chi connectivity index (χ1v) is 14.3. The van der Waals surface area contributed by atoms with Crippen LogP contribution >= 0.6 is 0 Å². The summed E-state index contributed by atoms with van der Waals surface area (Å²) >= 11 is 0. The number of hydrogen-bond acceptors (Lipinski definition) is 13. The number of nitrogens with zero attached hydrogens (tertiary/aromatic N) is 6. The van der Waals surface area contributed by atoms with E-state index in [0.717, 1.165) is 0 Å². The third-order valence-electron chi connectivity index (χ3n) is 5.99. The van der Waals surface area contributed by atoms with Crippen LogP contribution < -0.4 is 27.4 Å². The molecule has 0 aromatic rings. The number of amidine groups is 6. The Morgan fingerprint density at radius 1 is 0.463 bits per heavy atom. The topological polar surface area (TPSA) is 385 Å². The molecule has 338 valence electrons. The second-order valence-corrected chi connectivity index (χ2v) is 9.48. The third kappa shape index (κ3) is 34.5. The van der Waals surface area contributed by atoms with Gasteiger partial charge in [0.1, 0.15) is 24.4 Å². The van der Waals surface area contributed by atoms with Crippen LogP contribution in [0.4, 0.5) is 0 Å². The maximum Gasteiger partial charge on any atom is 1.00 e. The van der Waals surface area contributed by atoms with Gasteiger partial charge in [-0.3, -0.25) is 0 Å². The van der Waals surface area contributed by atoms with Gasteiger partial charge in [-0.05, 0) is 38.5 Å². The summed E-state index contributed by atoms with van der Waals surface area (Å²) in [5.74, 6) is -3.12. The van der Waals surface area contributed by atoms with Crippen LogP contribution in [0.2, 0.25) is 0 Å². The zero-order valence-corrected chi connectivity index (χ0v) is 33.5.